The molecule has 0 aromatic carbocycles. The van der Waals surface area contributed by atoms with E-state index in [1.165, 1.54) is 141 Å². The van der Waals surface area contributed by atoms with Gasteiger partial charge in [0.2, 0.25) is 0 Å². The van der Waals surface area contributed by atoms with Crippen LogP contribution in [0.15, 0.2) is 24.3 Å². The Morgan fingerprint density at radius 1 is 0.407 bits per heavy atom. The summed E-state index contributed by atoms with van der Waals surface area (Å²) in [5.41, 5.74) is 0. The molecule has 318 valence electrons. The molecule has 54 heavy (non-hydrogen) atoms. The van der Waals surface area contributed by atoms with Crippen molar-refractivity contribution in [2.75, 3.05) is 13.2 Å². The molecule has 0 saturated carbocycles. The third kappa shape index (κ3) is 47.3. The van der Waals surface area contributed by atoms with Gasteiger partial charge < -0.3 is 29.9 Å². The van der Waals surface area contributed by atoms with Gasteiger partial charge in [0.25, 0.3) is 0 Å². The molecule has 10 nitrogen and oxygen atoms in total. The van der Waals surface area contributed by atoms with Crippen LogP contribution in [-0.4, -0.2) is 69.7 Å². The van der Waals surface area contributed by atoms with Crippen molar-refractivity contribution < 1.29 is 49.1 Å². The van der Waals surface area contributed by atoms with Crippen molar-refractivity contribution in [3.05, 3.63) is 24.3 Å². The molecule has 2 atom stereocenters. The second-order valence-corrected chi connectivity index (χ2v) is 13.8. The van der Waals surface area contributed by atoms with E-state index in [1.54, 1.807) is 0 Å². The highest BCUT2D eigenvalue weighted by molar-refractivity contribution is 5.83. The van der Waals surface area contributed by atoms with Gasteiger partial charge in [0.15, 0.2) is 12.2 Å². The van der Waals surface area contributed by atoms with E-state index in [1.807, 2.05) is 13.8 Å². The monoisotopic (exact) mass is 771 g/mol. The Kier molecular flexibility index (Phi) is 47.8. The lowest BCUT2D eigenvalue weighted by Crippen LogP contribution is -2.39. The lowest BCUT2D eigenvalue weighted by atomic mass is 10.1. The number of carbonyl (C=O) groups is 4. The molecule has 10 heteroatoms. The van der Waals surface area contributed by atoms with Gasteiger partial charge in [-0.3, -0.25) is 9.59 Å². The number of unbranched alkanes of at least 4 members (excludes halogenated alkanes) is 22. The summed E-state index contributed by atoms with van der Waals surface area (Å²) in [6.07, 6.45) is 39.5. The first kappa shape index (κ1) is 55.6. The van der Waals surface area contributed by atoms with Crippen molar-refractivity contribution in [1.82, 2.24) is 0 Å². The van der Waals surface area contributed by atoms with Crippen molar-refractivity contribution in [2.24, 2.45) is 0 Å². The molecule has 0 fully saturated rings. The van der Waals surface area contributed by atoms with Gasteiger partial charge in [-0.2, -0.15) is 0 Å². The number of carboxylic acids is 2. The van der Waals surface area contributed by atoms with Crippen molar-refractivity contribution in [2.45, 2.75) is 220 Å². The van der Waals surface area contributed by atoms with Crippen molar-refractivity contribution in [1.29, 1.82) is 0 Å². The van der Waals surface area contributed by atoms with E-state index in [2.05, 4.69) is 38.2 Å². The lowest BCUT2D eigenvalue weighted by Gasteiger charge is -2.07. The lowest BCUT2D eigenvalue weighted by molar-refractivity contribution is -0.165. The Bertz CT molecular complexity index is 830. The van der Waals surface area contributed by atoms with Gasteiger partial charge in [-0.1, -0.05) is 141 Å². The Morgan fingerprint density at radius 2 is 0.648 bits per heavy atom. The number of aliphatic hydroxyl groups is 2. The average molecular weight is 771 g/mol. The second kappa shape index (κ2) is 46.4. The predicted octanol–water partition coefficient (Wildman–Crippen LogP) is 11.1. The molecule has 0 amide bonds. The molecule has 0 aliphatic carbocycles. The summed E-state index contributed by atoms with van der Waals surface area (Å²) < 4.78 is 9.83. The average Bonchev–Trinajstić information content (AvgIpc) is 3.14. The van der Waals surface area contributed by atoms with Crippen LogP contribution >= 0.6 is 0 Å². The Morgan fingerprint density at radius 3 is 0.889 bits per heavy atom. The number of carboxylic acid groups (broad SMARTS) is 2. The van der Waals surface area contributed by atoms with Gasteiger partial charge in [0.1, 0.15) is 0 Å². The molecular weight excluding hydrogens is 688 g/mol. The van der Waals surface area contributed by atoms with Gasteiger partial charge in [-0.15, -0.1) is 0 Å². The van der Waals surface area contributed by atoms with Crippen LogP contribution in [0.5, 0.6) is 0 Å². The van der Waals surface area contributed by atoms with Gasteiger partial charge >= 0.3 is 23.9 Å². The van der Waals surface area contributed by atoms with Crippen molar-refractivity contribution in [3.8, 4) is 0 Å². The first-order valence-corrected chi connectivity index (χ1v) is 21.5. The van der Waals surface area contributed by atoms with Crippen LogP contribution in [-0.2, 0) is 28.7 Å². The molecule has 0 aliphatic heterocycles. The van der Waals surface area contributed by atoms with Crippen LogP contribution in [0, 0.1) is 0 Å². The molecular formula is C44H82O10. The predicted molar refractivity (Wildman–Crippen MR) is 219 cm³/mol. The van der Waals surface area contributed by atoms with Gasteiger partial charge in [0, 0.05) is 12.8 Å². The summed E-state index contributed by atoms with van der Waals surface area (Å²) in [6, 6.07) is 0. The van der Waals surface area contributed by atoms with Crippen LogP contribution in [0.4, 0.5) is 0 Å². The Labute approximate surface area is 329 Å². The minimum absolute atomic E-state index is 0.0415. The smallest absolute Gasteiger partial charge is 0.335 e. The minimum atomic E-state index is -2.27. The van der Waals surface area contributed by atoms with Crippen LogP contribution in [0.1, 0.15) is 207 Å². The third-order valence-corrected chi connectivity index (χ3v) is 8.70. The summed E-state index contributed by atoms with van der Waals surface area (Å²) in [4.78, 5) is 41.8. The number of rotatable bonds is 35. The topological polar surface area (TPSA) is 168 Å². The molecule has 0 rings (SSSR count). The number of allylic oxidation sites excluding steroid dienone is 4. The van der Waals surface area contributed by atoms with E-state index >= 15 is 0 Å². The summed E-state index contributed by atoms with van der Waals surface area (Å²) >= 11 is 0. The number of carbonyl (C=O) groups excluding carboxylic acids is 2. The number of aliphatic hydroxyl groups excluding tert-OH is 2. The van der Waals surface area contributed by atoms with E-state index in [4.69, 9.17) is 29.9 Å². The maximum Gasteiger partial charge on any atom is 0.335 e. The molecule has 0 saturated heterocycles. The number of ether oxygens (including phenoxy) is 2. The minimum Gasteiger partial charge on any atom is -0.479 e. The maximum atomic E-state index is 11.1. The molecule has 0 heterocycles. The van der Waals surface area contributed by atoms with Crippen LogP contribution in [0.25, 0.3) is 0 Å². The zero-order valence-corrected chi connectivity index (χ0v) is 34.9. The summed E-state index contributed by atoms with van der Waals surface area (Å²) in [5.74, 6) is -3.62. The maximum absolute atomic E-state index is 11.1. The van der Waals surface area contributed by atoms with Gasteiger partial charge in [0.05, 0.1) is 13.2 Å². The molecule has 0 aliphatic rings. The largest absolute Gasteiger partial charge is 0.479 e. The van der Waals surface area contributed by atoms with E-state index < -0.39 is 24.1 Å². The first-order chi connectivity index (χ1) is 26.1. The van der Waals surface area contributed by atoms with Crippen molar-refractivity contribution in [3.63, 3.8) is 0 Å². The Balaban J connectivity index is -0.000000774. The van der Waals surface area contributed by atoms with E-state index in [0.717, 1.165) is 25.7 Å². The number of esters is 2. The van der Waals surface area contributed by atoms with Gasteiger partial charge in [-0.05, 0) is 78.1 Å². The van der Waals surface area contributed by atoms with E-state index in [9.17, 15) is 19.2 Å². The highest BCUT2D eigenvalue weighted by Crippen LogP contribution is 2.12. The molecule has 0 spiro atoms. The summed E-state index contributed by atoms with van der Waals surface area (Å²) in [5, 5.41) is 32.5. The SMILES string of the molecule is CCCCCCCCC=CCCCCCCCC(=O)OCC.CCCCCCCCC=CCCCCCCCC(=O)OCC.O=C(O)C(O)C(O)C(=O)O. The standard InChI is InChI=1S/2C20H38O2.C4H6O6/c2*1-3-5-6-7-8-9-10-11-12-13-14-15-16-17-18-19-20(21)22-4-2;5-1(3(7)8)2(6)4(9)10/h2*11-12H,3-10,13-19H2,1-2H3;1-2,5-6H,(H,7,8)(H,9,10). The summed E-state index contributed by atoms with van der Waals surface area (Å²) in [6.45, 7) is 9.26. The highest BCUT2D eigenvalue weighted by atomic mass is 16.5. The van der Waals surface area contributed by atoms with Crippen molar-refractivity contribution >= 4 is 23.9 Å². The quantitative estimate of drug-likeness (QED) is 0.0276. The molecule has 0 radical (unpaired) electrons. The zero-order chi connectivity index (χ0) is 40.9. The van der Waals surface area contributed by atoms with Crippen LogP contribution in [0.3, 0.4) is 0 Å². The van der Waals surface area contributed by atoms with E-state index in [-0.39, 0.29) is 11.9 Å². The number of hydrogen-bond donors (Lipinski definition) is 4. The summed E-state index contributed by atoms with van der Waals surface area (Å²) in [7, 11) is 0. The van der Waals surface area contributed by atoms with E-state index in [0.29, 0.717) is 26.1 Å². The molecule has 0 aromatic rings. The normalized spacial score (nSPS) is 12.0. The fraction of sp³-hybridized carbons (Fsp3) is 0.818. The first-order valence-electron chi connectivity index (χ1n) is 21.5. The van der Waals surface area contributed by atoms with Crippen LogP contribution in [0.2, 0.25) is 0 Å². The molecule has 0 bridgehead atoms. The molecule has 4 N–H and O–H groups in total. The molecule has 0 aromatic heterocycles. The third-order valence-electron chi connectivity index (χ3n) is 8.70. The second-order valence-electron chi connectivity index (χ2n) is 13.8. The van der Waals surface area contributed by atoms with Crippen LogP contribution < -0.4 is 0 Å². The highest BCUT2D eigenvalue weighted by Gasteiger charge is 2.29. The fourth-order valence-electron chi connectivity index (χ4n) is 5.42. The van der Waals surface area contributed by atoms with Gasteiger partial charge in [-0.25, -0.2) is 9.59 Å². The molecule has 2 unspecified atom stereocenters. The zero-order valence-electron chi connectivity index (χ0n) is 34.9. The Hall–Kier alpha value is -2.72. The number of hydrogen-bond acceptors (Lipinski definition) is 8. The fourth-order valence-corrected chi connectivity index (χ4v) is 5.42. The number of aliphatic carboxylic acids is 2.